The number of rotatable bonds is 10. The average molecular weight is 545 g/mol. The highest BCUT2D eigenvalue weighted by Gasteiger charge is 2.47. The molecule has 4 atom stereocenters. The van der Waals surface area contributed by atoms with Crippen LogP contribution in [0.1, 0.15) is 22.9 Å². The molecule has 3 aromatic carbocycles. The van der Waals surface area contributed by atoms with Crippen molar-refractivity contribution in [3.8, 4) is 11.8 Å². The summed E-state index contributed by atoms with van der Waals surface area (Å²) in [4.78, 5) is 15.7. The second-order valence-electron chi connectivity index (χ2n) is 9.37. The van der Waals surface area contributed by atoms with Gasteiger partial charge in [-0.15, -0.1) is 0 Å². The summed E-state index contributed by atoms with van der Waals surface area (Å²) in [6.07, 6.45) is -1.88. The zero-order chi connectivity index (χ0) is 28.1. The van der Waals surface area contributed by atoms with Gasteiger partial charge in [0.15, 0.2) is 6.23 Å². The molecule has 0 aliphatic carbocycles. The summed E-state index contributed by atoms with van der Waals surface area (Å²) in [5, 5.41) is 11.3. The van der Waals surface area contributed by atoms with E-state index in [1.807, 2.05) is 84.9 Å². The molecule has 1 fully saturated rings. The molecule has 208 valence electrons. The lowest BCUT2D eigenvalue weighted by molar-refractivity contribution is -0.0972. The summed E-state index contributed by atoms with van der Waals surface area (Å²) in [7, 11) is 4.53. The molecule has 9 heteroatoms. The van der Waals surface area contributed by atoms with Crippen LogP contribution in [0.3, 0.4) is 0 Å². The first-order valence-corrected chi connectivity index (χ1v) is 12.9. The molecule has 1 N–H and O–H groups in total. The van der Waals surface area contributed by atoms with Gasteiger partial charge in [0.1, 0.15) is 29.7 Å². The SMILES string of the molecule is COc1ccc(C(OC[C@H]2O[C@@H](n3ccc(=O)nc3OC)[C@H](OC)[C@H]2O)(c2ccccc2)c2ccccc2)cc1. The van der Waals surface area contributed by atoms with Crippen LogP contribution in [0.15, 0.2) is 102 Å². The van der Waals surface area contributed by atoms with Crippen LogP contribution >= 0.6 is 0 Å². The van der Waals surface area contributed by atoms with E-state index >= 15 is 0 Å². The number of methoxy groups -OCH3 is 3. The molecule has 0 amide bonds. The van der Waals surface area contributed by atoms with Gasteiger partial charge in [0.05, 0.1) is 20.8 Å². The molecule has 9 nitrogen and oxygen atoms in total. The number of hydrogen-bond acceptors (Lipinski definition) is 8. The highest BCUT2D eigenvalue weighted by atomic mass is 16.6. The van der Waals surface area contributed by atoms with E-state index in [0.717, 1.165) is 22.4 Å². The van der Waals surface area contributed by atoms with Crippen molar-refractivity contribution in [2.24, 2.45) is 0 Å². The molecule has 0 bridgehead atoms. The Labute approximate surface area is 232 Å². The van der Waals surface area contributed by atoms with Crippen LogP contribution in [0.25, 0.3) is 0 Å². The monoisotopic (exact) mass is 544 g/mol. The Morgan fingerprint density at radius 2 is 1.45 bits per heavy atom. The Kier molecular flexibility index (Phi) is 8.27. The minimum atomic E-state index is -1.04. The van der Waals surface area contributed by atoms with Crippen LogP contribution in [0, 0.1) is 0 Å². The summed E-state index contributed by atoms with van der Waals surface area (Å²) >= 11 is 0. The van der Waals surface area contributed by atoms with Crippen LogP contribution in [0.4, 0.5) is 0 Å². The molecule has 1 saturated heterocycles. The Morgan fingerprint density at radius 3 is 2.00 bits per heavy atom. The van der Waals surface area contributed by atoms with Crippen LogP contribution < -0.4 is 15.0 Å². The maximum atomic E-state index is 11.8. The molecule has 0 saturated carbocycles. The third-order valence-corrected chi connectivity index (χ3v) is 7.17. The van der Waals surface area contributed by atoms with Gasteiger partial charge >= 0.3 is 6.01 Å². The van der Waals surface area contributed by atoms with Crippen LogP contribution in [-0.4, -0.2) is 60.9 Å². The first kappa shape index (κ1) is 27.5. The van der Waals surface area contributed by atoms with Gasteiger partial charge in [-0.05, 0) is 28.8 Å². The summed E-state index contributed by atoms with van der Waals surface area (Å²) in [5.74, 6) is 0.725. The van der Waals surface area contributed by atoms with Crippen LogP contribution in [0.2, 0.25) is 0 Å². The molecule has 0 spiro atoms. The Balaban J connectivity index is 1.54. The molecular weight excluding hydrogens is 512 g/mol. The Bertz CT molecular complexity index is 1400. The second kappa shape index (κ2) is 12.0. The number of nitrogens with zero attached hydrogens (tertiary/aromatic N) is 2. The van der Waals surface area contributed by atoms with Gasteiger partial charge in [-0.25, -0.2) is 0 Å². The maximum Gasteiger partial charge on any atom is 0.301 e. The van der Waals surface area contributed by atoms with Crippen molar-refractivity contribution in [3.63, 3.8) is 0 Å². The van der Waals surface area contributed by atoms with E-state index in [2.05, 4.69) is 4.98 Å². The van der Waals surface area contributed by atoms with Gasteiger partial charge in [-0.1, -0.05) is 72.8 Å². The maximum absolute atomic E-state index is 11.8. The first-order chi connectivity index (χ1) is 19.5. The van der Waals surface area contributed by atoms with Crippen molar-refractivity contribution in [3.05, 3.63) is 124 Å². The molecular formula is C31H32N2O7. The zero-order valence-electron chi connectivity index (χ0n) is 22.5. The van der Waals surface area contributed by atoms with Gasteiger partial charge < -0.3 is 28.8 Å². The Hall–Kier alpha value is -4.02. The summed E-state index contributed by atoms with van der Waals surface area (Å²) in [6, 6.07) is 28.9. The lowest BCUT2D eigenvalue weighted by atomic mass is 9.80. The highest BCUT2D eigenvalue weighted by Crippen LogP contribution is 2.42. The first-order valence-electron chi connectivity index (χ1n) is 12.9. The lowest BCUT2D eigenvalue weighted by Crippen LogP contribution is -2.40. The molecule has 2 heterocycles. The number of benzene rings is 3. The smallest absolute Gasteiger partial charge is 0.301 e. The normalized spacial score (nSPS) is 20.8. The third-order valence-electron chi connectivity index (χ3n) is 7.17. The molecule has 4 aromatic rings. The molecule has 40 heavy (non-hydrogen) atoms. The number of aromatic nitrogens is 2. The summed E-state index contributed by atoms with van der Waals surface area (Å²) < 4.78 is 31.1. The van der Waals surface area contributed by atoms with Crippen molar-refractivity contribution in [1.29, 1.82) is 0 Å². The van der Waals surface area contributed by atoms with E-state index in [1.54, 1.807) is 7.11 Å². The summed E-state index contributed by atoms with van der Waals surface area (Å²) in [6.45, 7) is 0.0172. The van der Waals surface area contributed by atoms with Crippen LogP contribution in [0.5, 0.6) is 11.8 Å². The molecule has 1 aliphatic heterocycles. The topological polar surface area (TPSA) is 101 Å². The highest BCUT2D eigenvalue weighted by molar-refractivity contribution is 5.48. The van der Waals surface area contributed by atoms with Gasteiger partial charge in [0, 0.05) is 19.4 Å². The number of aliphatic hydroxyl groups excluding tert-OH is 1. The third kappa shape index (κ3) is 5.12. The number of aliphatic hydroxyl groups is 1. The molecule has 0 unspecified atom stereocenters. The van der Waals surface area contributed by atoms with E-state index in [4.69, 9.17) is 23.7 Å². The second-order valence-corrected chi connectivity index (χ2v) is 9.37. The fourth-order valence-corrected chi connectivity index (χ4v) is 5.21. The number of ether oxygens (including phenoxy) is 5. The van der Waals surface area contributed by atoms with E-state index < -0.39 is 35.7 Å². The zero-order valence-corrected chi connectivity index (χ0v) is 22.5. The standard InChI is InChI=1S/C31H32N2O7/c1-36-24-16-14-23(15-17-24)31(21-10-6-4-7-11-21,22-12-8-5-9-13-22)39-20-25-27(35)28(37-2)29(40-25)33-19-18-26(34)32-30(33)38-3/h4-19,25,27-29,35H,20H2,1-3H3/t25-,27+,28-,29-/m1/s1. The predicted molar refractivity (Wildman–Crippen MR) is 147 cm³/mol. The van der Waals surface area contributed by atoms with Gasteiger partial charge in [-0.3, -0.25) is 9.36 Å². The van der Waals surface area contributed by atoms with Crippen molar-refractivity contribution in [1.82, 2.24) is 9.55 Å². The molecule has 0 radical (unpaired) electrons. The molecule has 1 aliphatic rings. The van der Waals surface area contributed by atoms with Gasteiger partial charge in [0.2, 0.25) is 0 Å². The van der Waals surface area contributed by atoms with E-state index in [9.17, 15) is 9.90 Å². The van der Waals surface area contributed by atoms with E-state index in [0.29, 0.717) is 0 Å². The van der Waals surface area contributed by atoms with E-state index in [1.165, 1.54) is 31.0 Å². The van der Waals surface area contributed by atoms with Crippen molar-refractivity contribution in [2.45, 2.75) is 30.1 Å². The minimum absolute atomic E-state index is 0.0172. The Morgan fingerprint density at radius 1 is 0.850 bits per heavy atom. The molecule has 5 rings (SSSR count). The largest absolute Gasteiger partial charge is 0.497 e. The van der Waals surface area contributed by atoms with Crippen LogP contribution in [-0.2, 0) is 19.8 Å². The predicted octanol–water partition coefficient (Wildman–Crippen LogP) is 3.54. The van der Waals surface area contributed by atoms with E-state index in [-0.39, 0.29) is 12.6 Å². The van der Waals surface area contributed by atoms with Crippen molar-refractivity contribution >= 4 is 0 Å². The average Bonchev–Trinajstić information content (AvgIpc) is 3.33. The molecule has 1 aromatic heterocycles. The fraction of sp³-hybridized carbons (Fsp3) is 0.290. The number of hydrogen-bond donors (Lipinski definition) is 1. The van der Waals surface area contributed by atoms with Gasteiger partial charge in [0.25, 0.3) is 5.56 Å². The van der Waals surface area contributed by atoms with Gasteiger partial charge in [-0.2, -0.15) is 4.98 Å². The fourth-order valence-electron chi connectivity index (χ4n) is 5.21. The quantitative estimate of drug-likeness (QED) is 0.303. The minimum Gasteiger partial charge on any atom is -0.497 e. The van der Waals surface area contributed by atoms with Crippen molar-refractivity contribution in [2.75, 3.05) is 27.9 Å². The summed E-state index contributed by atoms with van der Waals surface area (Å²) in [5.41, 5.74) is 1.21. The van der Waals surface area contributed by atoms with Crippen molar-refractivity contribution < 1.29 is 28.8 Å². The lowest BCUT2D eigenvalue weighted by Gasteiger charge is -2.37.